The largest absolute Gasteiger partial charge is 0.381 e. The molecule has 2 N–H and O–H groups in total. The average molecular weight is 227 g/mol. The molecule has 1 fully saturated rings. The van der Waals surface area contributed by atoms with Crippen molar-refractivity contribution in [3.05, 3.63) is 29.0 Å². The van der Waals surface area contributed by atoms with Gasteiger partial charge in [-0.2, -0.15) is 0 Å². The molecule has 1 aromatic heterocycles. The first-order valence-electron chi connectivity index (χ1n) is 5.15. The van der Waals surface area contributed by atoms with Crippen molar-refractivity contribution in [2.75, 3.05) is 13.2 Å². The normalized spacial score (nSPS) is 20.1. The van der Waals surface area contributed by atoms with Gasteiger partial charge >= 0.3 is 0 Å². The van der Waals surface area contributed by atoms with Crippen LogP contribution in [0.5, 0.6) is 0 Å². The highest BCUT2D eigenvalue weighted by Gasteiger charge is 2.28. The molecule has 0 unspecified atom stereocenters. The summed E-state index contributed by atoms with van der Waals surface area (Å²) in [5, 5.41) is 0.703. The van der Waals surface area contributed by atoms with Crippen LogP contribution in [0.4, 0.5) is 0 Å². The Morgan fingerprint density at radius 3 is 2.87 bits per heavy atom. The van der Waals surface area contributed by atoms with Gasteiger partial charge in [0.2, 0.25) is 0 Å². The zero-order chi connectivity index (χ0) is 10.7. The van der Waals surface area contributed by atoms with Crippen LogP contribution in [0.3, 0.4) is 0 Å². The van der Waals surface area contributed by atoms with Crippen molar-refractivity contribution >= 4 is 11.6 Å². The van der Waals surface area contributed by atoms with Gasteiger partial charge in [0, 0.05) is 31.1 Å². The molecule has 15 heavy (non-hydrogen) atoms. The minimum absolute atomic E-state index is 0.163. The summed E-state index contributed by atoms with van der Waals surface area (Å²) in [5.41, 5.74) is 7.22. The first kappa shape index (κ1) is 10.9. The molecule has 82 valence electrons. The van der Waals surface area contributed by atoms with E-state index in [9.17, 15) is 0 Å². The van der Waals surface area contributed by atoms with E-state index in [-0.39, 0.29) is 5.54 Å². The Kier molecular flexibility index (Phi) is 3.24. The van der Waals surface area contributed by atoms with Crippen molar-refractivity contribution in [3.8, 4) is 0 Å². The maximum absolute atomic E-state index is 6.30. The van der Waals surface area contributed by atoms with Gasteiger partial charge in [-0.3, -0.25) is 4.98 Å². The van der Waals surface area contributed by atoms with Gasteiger partial charge in [0.1, 0.15) is 0 Å². The number of nitrogens with two attached hydrogens (primary N) is 1. The maximum Gasteiger partial charge on any atom is 0.0621 e. The Balaban J connectivity index is 2.10. The molecule has 0 amide bonds. The third kappa shape index (κ3) is 2.68. The molecule has 1 aliphatic heterocycles. The Morgan fingerprint density at radius 2 is 2.20 bits per heavy atom. The number of hydrogen-bond donors (Lipinski definition) is 1. The molecule has 0 atom stereocenters. The molecule has 2 heterocycles. The van der Waals surface area contributed by atoms with Crippen LogP contribution < -0.4 is 5.73 Å². The first-order chi connectivity index (χ1) is 7.20. The van der Waals surface area contributed by atoms with Gasteiger partial charge in [0.25, 0.3) is 0 Å². The third-order valence-corrected chi connectivity index (χ3v) is 3.23. The highest BCUT2D eigenvalue weighted by molar-refractivity contribution is 6.31. The number of rotatable bonds is 2. The summed E-state index contributed by atoms with van der Waals surface area (Å²) < 4.78 is 5.31. The van der Waals surface area contributed by atoms with Crippen molar-refractivity contribution in [3.63, 3.8) is 0 Å². The monoisotopic (exact) mass is 226 g/mol. The fourth-order valence-electron chi connectivity index (χ4n) is 1.88. The molecular weight excluding hydrogens is 212 g/mol. The topological polar surface area (TPSA) is 48.1 Å². The van der Waals surface area contributed by atoms with Crippen molar-refractivity contribution in [2.24, 2.45) is 5.73 Å². The van der Waals surface area contributed by atoms with E-state index in [1.165, 1.54) is 0 Å². The molecule has 3 nitrogen and oxygen atoms in total. The number of pyridine rings is 1. The Morgan fingerprint density at radius 1 is 1.47 bits per heavy atom. The second-order valence-corrected chi connectivity index (χ2v) is 4.53. The molecule has 1 aromatic rings. The zero-order valence-electron chi connectivity index (χ0n) is 8.58. The van der Waals surface area contributed by atoms with E-state index < -0.39 is 0 Å². The molecule has 0 aromatic carbocycles. The molecule has 2 rings (SSSR count). The van der Waals surface area contributed by atoms with Gasteiger partial charge in [0.05, 0.1) is 5.02 Å². The number of hydrogen-bond acceptors (Lipinski definition) is 3. The summed E-state index contributed by atoms with van der Waals surface area (Å²) in [5.74, 6) is 0. The quantitative estimate of drug-likeness (QED) is 0.837. The Bertz CT molecular complexity index is 337. The van der Waals surface area contributed by atoms with Crippen molar-refractivity contribution in [2.45, 2.75) is 24.8 Å². The van der Waals surface area contributed by atoms with Crippen LogP contribution >= 0.6 is 11.6 Å². The summed E-state index contributed by atoms with van der Waals surface area (Å²) in [6.45, 7) is 1.50. The number of halogens is 1. The second-order valence-electron chi connectivity index (χ2n) is 4.12. The van der Waals surface area contributed by atoms with Crippen molar-refractivity contribution in [1.29, 1.82) is 0 Å². The van der Waals surface area contributed by atoms with Gasteiger partial charge in [-0.15, -0.1) is 0 Å². The SMILES string of the molecule is NC1(Cc2ccncc2Cl)CCOCC1. The molecule has 0 radical (unpaired) electrons. The summed E-state index contributed by atoms with van der Waals surface area (Å²) >= 11 is 6.06. The van der Waals surface area contributed by atoms with E-state index in [2.05, 4.69) is 4.98 Å². The summed E-state index contributed by atoms with van der Waals surface area (Å²) in [6, 6.07) is 1.94. The predicted molar refractivity (Wildman–Crippen MR) is 59.9 cm³/mol. The lowest BCUT2D eigenvalue weighted by atomic mass is 9.85. The number of ether oxygens (including phenoxy) is 1. The van der Waals surface area contributed by atoms with Gasteiger partial charge < -0.3 is 10.5 Å². The molecule has 0 aliphatic carbocycles. The summed E-state index contributed by atoms with van der Waals surface area (Å²) in [6.07, 6.45) is 6.01. The van der Waals surface area contributed by atoms with E-state index in [0.29, 0.717) is 5.02 Å². The van der Waals surface area contributed by atoms with Crippen LogP contribution in [-0.2, 0) is 11.2 Å². The Hall–Kier alpha value is -0.640. The lowest BCUT2D eigenvalue weighted by Crippen LogP contribution is -2.46. The van der Waals surface area contributed by atoms with E-state index in [1.54, 1.807) is 12.4 Å². The van der Waals surface area contributed by atoms with Crippen LogP contribution in [0.15, 0.2) is 18.5 Å². The van der Waals surface area contributed by atoms with Crippen molar-refractivity contribution in [1.82, 2.24) is 4.98 Å². The molecule has 0 bridgehead atoms. The highest BCUT2D eigenvalue weighted by atomic mass is 35.5. The fraction of sp³-hybridized carbons (Fsp3) is 0.545. The average Bonchev–Trinajstić information content (AvgIpc) is 2.22. The number of aromatic nitrogens is 1. The maximum atomic E-state index is 6.30. The second kappa shape index (κ2) is 4.47. The van der Waals surface area contributed by atoms with Crippen LogP contribution in [0, 0.1) is 0 Å². The standard InChI is InChI=1S/C11H15ClN2O/c12-10-8-14-4-1-9(10)7-11(13)2-5-15-6-3-11/h1,4,8H,2-3,5-7,13H2. The third-order valence-electron chi connectivity index (χ3n) is 2.89. The minimum atomic E-state index is -0.163. The van der Waals surface area contributed by atoms with Gasteiger partial charge in [0.15, 0.2) is 0 Å². The van der Waals surface area contributed by atoms with Crippen LogP contribution in [-0.4, -0.2) is 23.7 Å². The molecule has 0 saturated carbocycles. The van der Waals surface area contributed by atoms with E-state index in [1.807, 2.05) is 6.07 Å². The summed E-state index contributed by atoms with van der Waals surface area (Å²) in [4.78, 5) is 3.96. The number of nitrogens with zero attached hydrogens (tertiary/aromatic N) is 1. The smallest absolute Gasteiger partial charge is 0.0621 e. The predicted octanol–water partition coefficient (Wildman–Crippen LogP) is 1.79. The molecule has 0 spiro atoms. The van der Waals surface area contributed by atoms with Gasteiger partial charge in [-0.05, 0) is 30.9 Å². The van der Waals surface area contributed by atoms with Gasteiger partial charge in [-0.25, -0.2) is 0 Å². The van der Waals surface area contributed by atoms with Crippen LogP contribution in [0.2, 0.25) is 5.02 Å². The molecular formula is C11H15ClN2O. The molecule has 1 aliphatic rings. The summed E-state index contributed by atoms with van der Waals surface area (Å²) in [7, 11) is 0. The lowest BCUT2D eigenvalue weighted by molar-refractivity contribution is 0.0533. The molecule has 1 saturated heterocycles. The zero-order valence-corrected chi connectivity index (χ0v) is 9.33. The van der Waals surface area contributed by atoms with E-state index in [4.69, 9.17) is 22.1 Å². The Labute approximate surface area is 94.6 Å². The highest BCUT2D eigenvalue weighted by Crippen LogP contribution is 2.25. The first-order valence-corrected chi connectivity index (χ1v) is 5.52. The lowest BCUT2D eigenvalue weighted by Gasteiger charge is -2.33. The van der Waals surface area contributed by atoms with Gasteiger partial charge in [-0.1, -0.05) is 11.6 Å². The minimum Gasteiger partial charge on any atom is -0.381 e. The molecule has 4 heteroatoms. The van der Waals surface area contributed by atoms with E-state index >= 15 is 0 Å². The van der Waals surface area contributed by atoms with Crippen LogP contribution in [0.1, 0.15) is 18.4 Å². The van der Waals surface area contributed by atoms with E-state index in [0.717, 1.165) is 38.0 Å². The fourth-order valence-corrected chi connectivity index (χ4v) is 2.07. The van der Waals surface area contributed by atoms with Crippen LogP contribution in [0.25, 0.3) is 0 Å². The van der Waals surface area contributed by atoms with Crippen molar-refractivity contribution < 1.29 is 4.74 Å².